The van der Waals surface area contributed by atoms with Gasteiger partial charge in [0.05, 0.1) is 19.4 Å². The Hall–Kier alpha value is -1.40. The van der Waals surface area contributed by atoms with Crippen LogP contribution in [0, 0.1) is 0 Å². The molecule has 0 rings (SSSR count). The SMILES string of the molecule is CC/C(C)=C(\C)CC.CCOCC.O=C(O)CCC(=O)OCCO. The zero-order valence-electron chi connectivity index (χ0n) is 16.2. The van der Waals surface area contributed by atoms with Crippen molar-refractivity contribution in [3.63, 3.8) is 0 Å². The number of carbonyl (C=O) groups is 2. The Kier molecular flexibility index (Phi) is 24.7. The van der Waals surface area contributed by atoms with Gasteiger partial charge in [-0.3, -0.25) is 9.59 Å². The van der Waals surface area contributed by atoms with Crippen molar-refractivity contribution in [2.45, 2.75) is 67.2 Å². The van der Waals surface area contributed by atoms with Crippen LogP contribution in [0.2, 0.25) is 0 Å². The van der Waals surface area contributed by atoms with Crippen LogP contribution in [-0.4, -0.2) is 48.6 Å². The monoisotopic (exact) mass is 348 g/mol. The largest absolute Gasteiger partial charge is 0.481 e. The van der Waals surface area contributed by atoms with E-state index in [2.05, 4.69) is 32.4 Å². The summed E-state index contributed by atoms with van der Waals surface area (Å²) in [5.74, 6) is -1.63. The Labute approximate surface area is 146 Å². The van der Waals surface area contributed by atoms with Gasteiger partial charge < -0.3 is 19.7 Å². The Balaban J connectivity index is -0.000000298. The van der Waals surface area contributed by atoms with Crippen molar-refractivity contribution in [2.24, 2.45) is 0 Å². The van der Waals surface area contributed by atoms with Crippen molar-refractivity contribution < 1.29 is 29.3 Å². The Morgan fingerprint density at radius 2 is 1.33 bits per heavy atom. The number of ether oxygens (including phenoxy) is 2. The van der Waals surface area contributed by atoms with Crippen molar-refractivity contribution in [2.75, 3.05) is 26.4 Å². The van der Waals surface area contributed by atoms with Crippen LogP contribution < -0.4 is 0 Å². The first-order chi connectivity index (χ1) is 11.3. The number of aliphatic hydroxyl groups is 1. The minimum atomic E-state index is -1.04. The fourth-order valence-electron chi connectivity index (χ4n) is 1.25. The summed E-state index contributed by atoms with van der Waals surface area (Å²) in [5.41, 5.74) is 3.10. The van der Waals surface area contributed by atoms with Crippen molar-refractivity contribution in [1.82, 2.24) is 0 Å². The third kappa shape index (κ3) is 25.5. The second-order valence-electron chi connectivity index (χ2n) is 4.89. The standard InChI is InChI=1S/C8H16.C6H10O5.C4H10O/c1-5-7(3)8(4)6-2;7-3-4-11-6(10)2-1-5(8)9;1-3-5-4-2/h5-6H2,1-4H3;7H,1-4H2,(H,8,9);3-4H2,1-2H3/b8-7+;;. The molecule has 0 fully saturated rings. The van der Waals surface area contributed by atoms with Gasteiger partial charge in [0, 0.05) is 13.2 Å². The molecule has 2 N–H and O–H groups in total. The number of rotatable bonds is 9. The van der Waals surface area contributed by atoms with E-state index in [9.17, 15) is 9.59 Å². The predicted octanol–water partition coefficient (Wildman–Crippen LogP) is 3.57. The number of carboxylic acid groups (broad SMARTS) is 1. The highest BCUT2D eigenvalue weighted by molar-refractivity contribution is 5.76. The lowest BCUT2D eigenvalue weighted by molar-refractivity contribution is -0.148. The quantitative estimate of drug-likeness (QED) is 0.489. The van der Waals surface area contributed by atoms with Gasteiger partial charge in [0.25, 0.3) is 0 Å². The van der Waals surface area contributed by atoms with Crippen molar-refractivity contribution >= 4 is 11.9 Å². The fraction of sp³-hybridized carbons (Fsp3) is 0.778. The van der Waals surface area contributed by atoms with Gasteiger partial charge in [0.1, 0.15) is 6.61 Å². The van der Waals surface area contributed by atoms with E-state index < -0.39 is 11.9 Å². The first-order valence-electron chi connectivity index (χ1n) is 8.51. The summed E-state index contributed by atoms with van der Waals surface area (Å²) < 4.78 is 9.22. The Morgan fingerprint density at radius 3 is 1.58 bits per heavy atom. The van der Waals surface area contributed by atoms with Crippen LogP contribution in [0.3, 0.4) is 0 Å². The van der Waals surface area contributed by atoms with E-state index in [0.717, 1.165) is 13.2 Å². The number of aliphatic carboxylic acids is 1. The first kappa shape index (κ1) is 27.4. The van der Waals surface area contributed by atoms with E-state index in [1.165, 1.54) is 12.8 Å². The molecular weight excluding hydrogens is 312 g/mol. The Bertz CT molecular complexity index is 322. The number of hydrogen-bond donors (Lipinski definition) is 2. The molecule has 0 atom stereocenters. The molecule has 0 aromatic rings. The van der Waals surface area contributed by atoms with Gasteiger partial charge in [-0.1, -0.05) is 25.0 Å². The summed E-state index contributed by atoms with van der Waals surface area (Å²) >= 11 is 0. The molecule has 0 spiro atoms. The molecule has 0 aliphatic rings. The van der Waals surface area contributed by atoms with Crippen LogP contribution in [0.5, 0.6) is 0 Å². The maximum Gasteiger partial charge on any atom is 0.306 e. The number of allylic oxidation sites excluding steroid dienone is 2. The third-order valence-electron chi connectivity index (χ3n) is 3.09. The normalized spacial score (nSPS) is 10.5. The number of aliphatic hydroxyl groups excluding tert-OH is 1. The molecular formula is C18H36O6. The number of esters is 1. The molecule has 0 aliphatic carbocycles. The molecule has 0 unspecified atom stereocenters. The lowest BCUT2D eigenvalue weighted by Gasteiger charge is -1.99. The number of carboxylic acids is 1. The lowest BCUT2D eigenvalue weighted by atomic mass is 10.1. The molecule has 0 aromatic carbocycles. The predicted molar refractivity (Wildman–Crippen MR) is 96.0 cm³/mol. The molecule has 0 amide bonds. The third-order valence-corrected chi connectivity index (χ3v) is 3.09. The summed E-state index contributed by atoms with van der Waals surface area (Å²) in [6.07, 6.45) is 2.04. The molecule has 0 heterocycles. The minimum Gasteiger partial charge on any atom is -0.481 e. The lowest BCUT2D eigenvalue weighted by Crippen LogP contribution is -2.10. The number of hydrogen-bond acceptors (Lipinski definition) is 5. The summed E-state index contributed by atoms with van der Waals surface area (Å²) in [6.45, 7) is 14.2. The van der Waals surface area contributed by atoms with Crippen LogP contribution in [0.15, 0.2) is 11.1 Å². The van der Waals surface area contributed by atoms with E-state index in [-0.39, 0.29) is 26.1 Å². The van der Waals surface area contributed by atoms with Gasteiger partial charge in [0.2, 0.25) is 0 Å². The number of carbonyl (C=O) groups excluding carboxylic acids is 1. The maximum atomic E-state index is 10.5. The van der Waals surface area contributed by atoms with Gasteiger partial charge in [0.15, 0.2) is 0 Å². The molecule has 0 saturated heterocycles. The van der Waals surface area contributed by atoms with Gasteiger partial charge in [-0.25, -0.2) is 0 Å². The summed E-state index contributed by atoms with van der Waals surface area (Å²) in [5, 5.41) is 16.3. The van der Waals surface area contributed by atoms with Gasteiger partial charge in [-0.2, -0.15) is 0 Å². The van der Waals surface area contributed by atoms with Gasteiger partial charge in [-0.15, -0.1) is 0 Å². The van der Waals surface area contributed by atoms with Crippen LogP contribution in [-0.2, 0) is 19.1 Å². The molecule has 0 aromatic heterocycles. The van der Waals surface area contributed by atoms with Crippen molar-refractivity contribution in [3.05, 3.63) is 11.1 Å². The maximum absolute atomic E-state index is 10.5. The fourth-order valence-corrected chi connectivity index (χ4v) is 1.25. The molecule has 0 aliphatic heterocycles. The van der Waals surface area contributed by atoms with E-state index in [1.54, 1.807) is 11.1 Å². The van der Waals surface area contributed by atoms with E-state index in [0.29, 0.717) is 0 Å². The second-order valence-corrected chi connectivity index (χ2v) is 4.89. The topological polar surface area (TPSA) is 93.1 Å². The van der Waals surface area contributed by atoms with E-state index in [1.807, 2.05) is 13.8 Å². The van der Waals surface area contributed by atoms with Gasteiger partial charge in [-0.05, 0) is 40.5 Å². The summed E-state index contributed by atoms with van der Waals surface area (Å²) in [6, 6.07) is 0. The molecule has 0 radical (unpaired) electrons. The average Bonchev–Trinajstić information content (AvgIpc) is 2.58. The summed E-state index contributed by atoms with van der Waals surface area (Å²) in [4.78, 5) is 20.4. The van der Waals surface area contributed by atoms with Crippen molar-refractivity contribution in [3.8, 4) is 0 Å². The highest BCUT2D eigenvalue weighted by atomic mass is 16.5. The van der Waals surface area contributed by atoms with Crippen LogP contribution in [0.4, 0.5) is 0 Å². The highest BCUT2D eigenvalue weighted by Crippen LogP contribution is 2.09. The summed E-state index contributed by atoms with van der Waals surface area (Å²) in [7, 11) is 0. The van der Waals surface area contributed by atoms with Crippen LogP contribution in [0.1, 0.15) is 67.2 Å². The zero-order chi connectivity index (χ0) is 19.4. The molecule has 144 valence electrons. The molecule has 24 heavy (non-hydrogen) atoms. The van der Waals surface area contributed by atoms with E-state index >= 15 is 0 Å². The van der Waals surface area contributed by atoms with Crippen LogP contribution in [0.25, 0.3) is 0 Å². The smallest absolute Gasteiger partial charge is 0.306 e. The molecule has 6 heteroatoms. The van der Waals surface area contributed by atoms with Crippen LogP contribution >= 0.6 is 0 Å². The zero-order valence-corrected chi connectivity index (χ0v) is 16.2. The second kappa shape index (κ2) is 21.6. The Morgan fingerprint density at radius 1 is 0.875 bits per heavy atom. The van der Waals surface area contributed by atoms with Crippen molar-refractivity contribution in [1.29, 1.82) is 0 Å². The average molecular weight is 348 g/mol. The molecule has 0 saturated carbocycles. The molecule has 0 bridgehead atoms. The van der Waals surface area contributed by atoms with Gasteiger partial charge >= 0.3 is 11.9 Å². The first-order valence-corrected chi connectivity index (χ1v) is 8.51. The highest BCUT2D eigenvalue weighted by Gasteiger charge is 2.05. The molecule has 6 nitrogen and oxygen atoms in total. The van der Waals surface area contributed by atoms with E-state index in [4.69, 9.17) is 14.9 Å². The minimum absolute atomic E-state index is 0.0710.